The number of hydrogen-bond donors (Lipinski definition) is 2. The third kappa shape index (κ3) is 6.45. The number of amides is 1. The molecular formula is C17H23F3N2O3. The molecular weight excluding hydrogens is 337 g/mol. The molecule has 1 amide bonds. The number of alkyl halides is 3. The van der Waals surface area contributed by atoms with Crippen LogP contribution in [0.2, 0.25) is 0 Å². The first-order chi connectivity index (χ1) is 11.8. The molecule has 1 unspecified atom stereocenters. The summed E-state index contributed by atoms with van der Waals surface area (Å²) in [4.78, 5) is 12.0. The van der Waals surface area contributed by atoms with Crippen molar-refractivity contribution in [3.8, 4) is 11.5 Å². The van der Waals surface area contributed by atoms with Crippen LogP contribution in [-0.2, 0) is 11.2 Å². The average Bonchev–Trinajstić information content (AvgIpc) is 3.40. The lowest BCUT2D eigenvalue weighted by Gasteiger charge is -2.16. The fourth-order valence-corrected chi connectivity index (χ4v) is 2.55. The molecule has 1 saturated carbocycles. The van der Waals surface area contributed by atoms with Gasteiger partial charge >= 0.3 is 6.18 Å². The molecule has 1 aliphatic carbocycles. The van der Waals surface area contributed by atoms with Gasteiger partial charge in [-0.1, -0.05) is 6.07 Å². The van der Waals surface area contributed by atoms with E-state index in [0.717, 1.165) is 18.4 Å². The van der Waals surface area contributed by atoms with E-state index in [4.69, 9.17) is 15.2 Å². The van der Waals surface area contributed by atoms with Crippen LogP contribution in [0.1, 0.15) is 24.8 Å². The van der Waals surface area contributed by atoms with Gasteiger partial charge in [-0.25, -0.2) is 0 Å². The molecule has 0 radical (unpaired) electrons. The van der Waals surface area contributed by atoms with E-state index in [0.29, 0.717) is 18.9 Å². The molecule has 0 aromatic heterocycles. The van der Waals surface area contributed by atoms with Gasteiger partial charge < -0.3 is 20.5 Å². The largest absolute Gasteiger partial charge is 0.493 e. The van der Waals surface area contributed by atoms with E-state index in [1.807, 2.05) is 0 Å². The normalized spacial score (nSPS) is 15.6. The number of hydrogen-bond acceptors (Lipinski definition) is 4. The highest BCUT2D eigenvalue weighted by Gasteiger charge is 2.31. The summed E-state index contributed by atoms with van der Waals surface area (Å²) in [6, 6.07) is 4.66. The van der Waals surface area contributed by atoms with Crippen molar-refractivity contribution in [3.05, 3.63) is 23.8 Å². The van der Waals surface area contributed by atoms with E-state index in [9.17, 15) is 18.0 Å². The van der Waals surface area contributed by atoms with Crippen LogP contribution >= 0.6 is 0 Å². The molecule has 1 atom stereocenters. The smallest absolute Gasteiger partial charge is 0.422 e. The van der Waals surface area contributed by atoms with Gasteiger partial charge in [-0.15, -0.1) is 0 Å². The minimum atomic E-state index is -4.41. The molecule has 0 spiro atoms. The molecule has 1 fully saturated rings. The van der Waals surface area contributed by atoms with E-state index < -0.39 is 12.8 Å². The molecule has 1 aromatic rings. The highest BCUT2D eigenvalue weighted by molar-refractivity contribution is 5.76. The number of aryl methyl sites for hydroxylation is 1. The molecule has 1 aliphatic rings. The van der Waals surface area contributed by atoms with E-state index >= 15 is 0 Å². The fourth-order valence-electron chi connectivity index (χ4n) is 2.55. The maximum atomic E-state index is 12.2. The number of ether oxygens (including phenoxy) is 2. The van der Waals surface area contributed by atoms with Crippen LogP contribution in [0.4, 0.5) is 13.2 Å². The predicted octanol–water partition coefficient (Wildman–Crippen LogP) is 2.42. The Morgan fingerprint density at radius 1 is 1.36 bits per heavy atom. The molecule has 2 rings (SSSR count). The van der Waals surface area contributed by atoms with Crippen molar-refractivity contribution in [2.75, 3.05) is 20.3 Å². The second-order valence-corrected chi connectivity index (χ2v) is 6.14. The first-order valence-electron chi connectivity index (χ1n) is 8.18. The lowest BCUT2D eigenvalue weighted by Crippen LogP contribution is -2.41. The van der Waals surface area contributed by atoms with Crippen molar-refractivity contribution in [1.29, 1.82) is 0 Å². The Bertz CT molecular complexity index is 589. The van der Waals surface area contributed by atoms with Gasteiger partial charge in [0.1, 0.15) is 0 Å². The van der Waals surface area contributed by atoms with E-state index in [1.54, 1.807) is 12.1 Å². The van der Waals surface area contributed by atoms with Crippen LogP contribution in [0, 0.1) is 5.92 Å². The summed E-state index contributed by atoms with van der Waals surface area (Å²) in [5, 5.41) is 2.93. The lowest BCUT2D eigenvalue weighted by atomic mass is 10.1. The highest BCUT2D eigenvalue weighted by atomic mass is 19.4. The predicted molar refractivity (Wildman–Crippen MR) is 86.6 cm³/mol. The Labute approximate surface area is 144 Å². The Balaban J connectivity index is 1.88. The van der Waals surface area contributed by atoms with E-state index in [1.165, 1.54) is 13.2 Å². The Morgan fingerprint density at radius 2 is 2.08 bits per heavy atom. The summed E-state index contributed by atoms with van der Waals surface area (Å²) in [5.41, 5.74) is 6.44. The van der Waals surface area contributed by atoms with Gasteiger partial charge in [-0.2, -0.15) is 13.2 Å². The van der Waals surface area contributed by atoms with E-state index in [-0.39, 0.29) is 29.9 Å². The number of halogens is 3. The van der Waals surface area contributed by atoms with Crippen molar-refractivity contribution in [2.45, 2.75) is 37.9 Å². The zero-order valence-corrected chi connectivity index (χ0v) is 14.1. The monoisotopic (exact) mass is 360 g/mol. The second kappa shape index (κ2) is 8.42. The topological polar surface area (TPSA) is 73.6 Å². The average molecular weight is 360 g/mol. The Morgan fingerprint density at radius 3 is 2.64 bits per heavy atom. The number of rotatable bonds is 9. The van der Waals surface area contributed by atoms with Crippen LogP contribution in [0.3, 0.4) is 0 Å². The molecule has 140 valence electrons. The molecule has 0 aliphatic heterocycles. The van der Waals surface area contributed by atoms with Crippen LogP contribution in [0.15, 0.2) is 18.2 Å². The summed E-state index contributed by atoms with van der Waals surface area (Å²) < 4.78 is 46.5. The highest BCUT2D eigenvalue weighted by Crippen LogP contribution is 2.32. The molecule has 0 saturated heterocycles. The van der Waals surface area contributed by atoms with Crippen molar-refractivity contribution < 1.29 is 27.4 Å². The molecule has 0 bridgehead atoms. The van der Waals surface area contributed by atoms with E-state index in [2.05, 4.69) is 5.32 Å². The van der Waals surface area contributed by atoms with Gasteiger partial charge in [-0.05, 0) is 42.9 Å². The molecule has 25 heavy (non-hydrogen) atoms. The van der Waals surface area contributed by atoms with Gasteiger partial charge in [0.05, 0.1) is 7.11 Å². The van der Waals surface area contributed by atoms with Crippen molar-refractivity contribution >= 4 is 5.91 Å². The molecule has 0 heterocycles. The Hall–Kier alpha value is -1.96. The number of benzene rings is 1. The summed E-state index contributed by atoms with van der Waals surface area (Å²) in [6.45, 7) is -0.956. The summed E-state index contributed by atoms with van der Waals surface area (Å²) in [7, 11) is 1.35. The standard InChI is InChI=1S/C17H23F3N2O3/c1-24-15-8-11(2-6-14(15)25-10-17(18,19)20)3-7-16(23)22-13(9-21)12-4-5-12/h2,6,8,12-13H,3-5,7,9-10,21H2,1H3,(H,22,23). The maximum absolute atomic E-state index is 12.2. The molecule has 1 aromatic carbocycles. The van der Waals surface area contributed by atoms with Crippen LogP contribution in [0.5, 0.6) is 11.5 Å². The SMILES string of the molecule is COc1cc(CCC(=O)NC(CN)C2CC2)ccc1OCC(F)(F)F. The van der Waals surface area contributed by atoms with Crippen molar-refractivity contribution in [3.63, 3.8) is 0 Å². The van der Waals surface area contributed by atoms with Gasteiger partial charge in [0.25, 0.3) is 0 Å². The third-order valence-electron chi connectivity index (χ3n) is 4.05. The minimum absolute atomic E-state index is 0.0185. The summed E-state index contributed by atoms with van der Waals surface area (Å²) >= 11 is 0. The molecule has 8 heteroatoms. The van der Waals surface area contributed by atoms with Gasteiger partial charge in [0, 0.05) is 19.0 Å². The zero-order valence-electron chi connectivity index (χ0n) is 14.1. The number of nitrogens with two attached hydrogens (primary N) is 1. The second-order valence-electron chi connectivity index (χ2n) is 6.14. The number of carbonyl (C=O) groups is 1. The fraction of sp³-hybridized carbons (Fsp3) is 0.588. The summed E-state index contributed by atoms with van der Waals surface area (Å²) in [6.07, 6.45) is -1.50. The van der Waals surface area contributed by atoms with Crippen molar-refractivity contribution in [1.82, 2.24) is 5.32 Å². The first kappa shape index (κ1) is 19.4. The van der Waals surface area contributed by atoms with Crippen LogP contribution in [-0.4, -0.2) is 38.4 Å². The number of methoxy groups -OCH3 is 1. The van der Waals surface area contributed by atoms with Crippen LogP contribution < -0.4 is 20.5 Å². The quantitative estimate of drug-likeness (QED) is 0.709. The van der Waals surface area contributed by atoms with Gasteiger partial charge in [0.15, 0.2) is 18.1 Å². The molecule has 3 N–H and O–H groups in total. The van der Waals surface area contributed by atoms with Gasteiger partial charge in [-0.3, -0.25) is 4.79 Å². The molecule has 5 nitrogen and oxygen atoms in total. The lowest BCUT2D eigenvalue weighted by molar-refractivity contribution is -0.153. The summed E-state index contributed by atoms with van der Waals surface area (Å²) in [5.74, 6) is 0.628. The maximum Gasteiger partial charge on any atom is 0.422 e. The first-order valence-corrected chi connectivity index (χ1v) is 8.18. The van der Waals surface area contributed by atoms with Crippen molar-refractivity contribution in [2.24, 2.45) is 11.7 Å². The zero-order chi connectivity index (χ0) is 18.4. The minimum Gasteiger partial charge on any atom is -0.493 e. The third-order valence-corrected chi connectivity index (χ3v) is 4.05. The van der Waals surface area contributed by atoms with Crippen LogP contribution in [0.25, 0.3) is 0 Å². The Kier molecular flexibility index (Phi) is 6.52. The van der Waals surface area contributed by atoms with Gasteiger partial charge in [0.2, 0.25) is 5.91 Å². The number of nitrogens with one attached hydrogen (secondary N) is 1. The number of carbonyl (C=O) groups excluding carboxylic acids is 1.